The molecule has 0 aliphatic carbocycles. The number of thiophene rings is 1. The first-order valence-corrected chi connectivity index (χ1v) is 9.00. The van der Waals surface area contributed by atoms with Crippen LogP contribution in [-0.2, 0) is 14.8 Å². The van der Waals surface area contributed by atoms with E-state index in [1.807, 2.05) is 0 Å². The van der Waals surface area contributed by atoms with Crippen LogP contribution in [0.5, 0.6) is 0 Å². The van der Waals surface area contributed by atoms with Crippen LogP contribution >= 0.6 is 27.3 Å². The van der Waals surface area contributed by atoms with Gasteiger partial charge in [0.05, 0.1) is 16.5 Å². The zero-order chi connectivity index (χ0) is 16.5. The van der Waals surface area contributed by atoms with E-state index in [0.29, 0.717) is 3.79 Å². The highest BCUT2D eigenvalue weighted by Crippen LogP contribution is 2.31. The van der Waals surface area contributed by atoms with Gasteiger partial charge in [-0.1, -0.05) is 0 Å². The molecule has 1 heterocycles. The number of rotatable bonds is 4. The maximum absolute atomic E-state index is 13.5. The van der Waals surface area contributed by atoms with Crippen LogP contribution in [0.3, 0.4) is 0 Å². The van der Waals surface area contributed by atoms with Gasteiger partial charge in [0.2, 0.25) is 0 Å². The SMILES string of the molecule is COC(=O)c1cc(NS(=O)(=O)c2cc(C)c(Br)s2)ccc1F. The Kier molecular flexibility index (Phi) is 4.88. The van der Waals surface area contributed by atoms with E-state index in [1.165, 1.54) is 12.1 Å². The van der Waals surface area contributed by atoms with Gasteiger partial charge >= 0.3 is 5.97 Å². The molecule has 2 rings (SSSR count). The van der Waals surface area contributed by atoms with E-state index in [-0.39, 0.29) is 15.5 Å². The van der Waals surface area contributed by atoms with Gasteiger partial charge in [-0.3, -0.25) is 4.72 Å². The fourth-order valence-corrected chi connectivity index (χ4v) is 4.90. The number of aryl methyl sites for hydroxylation is 1. The van der Waals surface area contributed by atoms with Crippen molar-refractivity contribution in [2.75, 3.05) is 11.8 Å². The van der Waals surface area contributed by atoms with Crippen molar-refractivity contribution in [3.8, 4) is 0 Å². The molecule has 0 amide bonds. The Morgan fingerprint density at radius 3 is 2.59 bits per heavy atom. The van der Waals surface area contributed by atoms with Crippen molar-refractivity contribution in [2.24, 2.45) is 0 Å². The molecule has 118 valence electrons. The molecule has 0 aliphatic heterocycles. The number of hydrogen-bond acceptors (Lipinski definition) is 5. The predicted octanol–water partition coefficient (Wildman–Crippen LogP) is 3.55. The average Bonchev–Trinajstić information content (AvgIpc) is 2.80. The van der Waals surface area contributed by atoms with Crippen molar-refractivity contribution in [1.29, 1.82) is 0 Å². The summed E-state index contributed by atoms with van der Waals surface area (Å²) >= 11 is 4.32. The lowest BCUT2D eigenvalue weighted by atomic mass is 10.2. The summed E-state index contributed by atoms with van der Waals surface area (Å²) in [6, 6.07) is 4.84. The normalized spacial score (nSPS) is 11.3. The highest BCUT2D eigenvalue weighted by molar-refractivity contribution is 9.11. The smallest absolute Gasteiger partial charge is 0.340 e. The number of carbonyl (C=O) groups is 1. The predicted molar refractivity (Wildman–Crippen MR) is 85.3 cm³/mol. The van der Waals surface area contributed by atoms with Gasteiger partial charge in [0.1, 0.15) is 10.0 Å². The largest absolute Gasteiger partial charge is 0.465 e. The molecular weight excluding hydrogens is 397 g/mol. The topological polar surface area (TPSA) is 72.5 Å². The monoisotopic (exact) mass is 407 g/mol. The lowest BCUT2D eigenvalue weighted by Gasteiger charge is -2.08. The Labute approximate surface area is 139 Å². The minimum atomic E-state index is -3.81. The van der Waals surface area contributed by atoms with Crippen LogP contribution in [0.1, 0.15) is 15.9 Å². The van der Waals surface area contributed by atoms with Crippen molar-refractivity contribution in [2.45, 2.75) is 11.1 Å². The van der Waals surface area contributed by atoms with E-state index >= 15 is 0 Å². The molecule has 0 saturated carbocycles. The number of anilines is 1. The molecular formula is C13H11BrFNO4S2. The summed E-state index contributed by atoms with van der Waals surface area (Å²) in [5.41, 5.74) is 0.523. The van der Waals surface area contributed by atoms with Crippen molar-refractivity contribution < 1.29 is 22.3 Å². The highest BCUT2D eigenvalue weighted by Gasteiger charge is 2.20. The van der Waals surface area contributed by atoms with Crippen LogP contribution in [-0.4, -0.2) is 21.5 Å². The molecule has 0 radical (unpaired) electrons. The number of ether oxygens (including phenoxy) is 1. The molecule has 0 spiro atoms. The van der Waals surface area contributed by atoms with Gasteiger partial charge in [-0.25, -0.2) is 17.6 Å². The molecule has 0 unspecified atom stereocenters. The first kappa shape index (κ1) is 16.9. The molecule has 1 N–H and O–H groups in total. The number of carbonyl (C=O) groups excluding carboxylic acids is 1. The van der Waals surface area contributed by atoms with Crippen molar-refractivity contribution >= 4 is 48.9 Å². The number of halogens is 2. The van der Waals surface area contributed by atoms with Crippen LogP contribution in [0.15, 0.2) is 32.3 Å². The lowest BCUT2D eigenvalue weighted by molar-refractivity contribution is 0.0595. The Morgan fingerprint density at radius 2 is 2.05 bits per heavy atom. The van der Waals surface area contributed by atoms with Gasteiger partial charge in [0, 0.05) is 5.69 Å². The molecule has 0 saturated heterocycles. The first-order chi connectivity index (χ1) is 10.2. The lowest BCUT2D eigenvalue weighted by Crippen LogP contribution is -2.13. The second-order valence-electron chi connectivity index (χ2n) is 4.31. The third kappa shape index (κ3) is 3.47. The standard InChI is InChI=1S/C13H11BrFNO4S2/c1-7-5-11(21-12(7)14)22(18,19)16-8-3-4-10(15)9(6-8)13(17)20-2/h3-6,16H,1-2H3. The Hall–Kier alpha value is -1.45. The fourth-order valence-electron chi connectivity index (χ4n) is 1.62. The maximum atomic E-state index is 13.5. The molecule has 22 heavy (non-hydrogen) atoms. The van der Waals surface area contributed by atoms with Crippen LogP contribution in [0, 0.1) is 12.7 Å². The van der Waals surface area contributed by atoms with Gasteiger partial charge < -0.3 is 4.74 Å². The Balaban J connectivity index is 2.36. The summed E-state index contributed by atoms with van der Waals surface area (Å²) in [4.78, 5) is 11.4. The summed E-state index contributed by atoms with van der Waals surface area (Å²) in [6.45, 7) is 1.77. The number of hydrogen-bond donors (Lipinski definition) is 1. The number of esters is 1. The number of benzene rings is 1. The summed E-state index contributed by atoms with van der Waals surface area (Å²) in [5.74, 6) is -1.67. The molecule has 0 atom stereocenters. The van der Waals surface area contributed by atoms with E-state index in [0.717, 1.165) is 36.1 Å². The van der Waals surface area contributed by atoms with Gasteiger partial charge in [-0.15, -0.1) is 11.3 Å². The van der Waals surface area contributed by atoms with Crippen LogP contribution in [0.25, 0.3) is 0 Å². The van der Waals surface area contributed by atoms with E-state index in [9.17, 15) is 17.6 Å². The summed E-state index contributed by atoms with van der Waals surface area (Å²) in [5, 5.41) is 0. The van der Waals surface area contributed by atoms with Gasteiger partial charge in [0.25, 0.3) is 10.0 Å². The Bertz CT molecular complexity index is 813. The van der Waals surface area contributed by atoms with Crippen LogP contribution in [0.2, 0.25) is 0 Å². The second-order valence-corrected chi connectivity index (χ2v) is 8.59. The summed E-state index contributed by atoms with van der Waals surface area (Å²) in [7, 11) is -2.70. The van der Waals surface area contributed by atoms with Crippen LogP contribution < -0.4 is 4.72 Å². The third-order valence-corrected chi connectivity index (χ3v) is 6.71. The van der Waals surface area contributed by atoms with Crippen molar-refractivity contribution in [3.05, 3.63) is 45.0 Å². The molecule has 9 heteroatoms. The van der Waals surface area contributed by atoms with Gasteiger partial charge in [-0.05, 0) is 52.7 Å². The quantitative estimate of drug-likeness (QED) is 0.786. The third-order valence-electron chi connectivity index (χ3n) is 2.72. The van der Waals surface area contributed by atoms with E-state index < -0.39 is 21.8 Å². The molecule has 1 aromatic carbocycles. The molecule has 0 fully saturated rings. The average molecular weight is 408 g/mol. The molecule has 2 aromatic rings. The number of methoxy groups -OCH3 is 1. The van der Waals surface area contributed by atoms with E-state index in [1.54, 1.807) is 6.92 Å². The minimum Gasteiger partial charge on any atom is -0.465 e. The molecule has 0 bridgehead atoms. The molecule has 5 nitrogen and oxygen atoms in total. The minimum absolute atomic E-state index is 0.0731. The van der Waals surface area contributed by atoms with Crippen molar-refractivity contribution in [3.63, 3.8) is 0 Å². The van der Waals surface area contributed by atoms with Crippen molar-refractivity contribution in [1.82, 2.24) is 0 Å². The molecule has 0 aliphatic rings. The Morgan fingerprint density at radius 1 is 1.36 bits per heavy atom. The summed E-state index contributed by atoms with van der Waals surface area (Å²) in [6.07, 6.45) is 0. The second kappa shape index (κ2) is 6.35. The zero-order valence-corrected chi connectivity index (χ0v) is 14.7. The van der Waals surface area contributed by atoms with Gasteiger partial charge in [-0.2, -0.15) is 0 Å². The van der Waals surface area contributed by atoms with E-state index in [4.69, 9.17) is 0 Å². The summed E-state index contributed by atoms with van der Waals surface area (Å²) < 4.78 is 45.7. The first-order valence-electron chi connectivity index (χ1n) is 5.91. The highest BCUT2D eigenvalue weighted by atomic mass is 79.9. The maximum Gasteiger partial charge on any atom is 0.340 e. The molecule has 1 aromatic heterocycles. The number of sulfonamides is 1. The van der Waals surface area contributed by atoms with Crippen LogP contribution in [0.4, 0.5) is 10.1 Å². The number of nitrogens with one attached hydrogen (secondary N) is 1. The fraction of sp³-hybridized carbons (Fsp3) is 0.154. The zero-order valence-electron chi connectivity index (χ0n) is 11.5. The van der Waals surface area contributed by atoms with E-state index in [2.05, 4.69) is 25.4 Å². The van der Waals surface area contributed by atoms with Gasteiger partial charge in [0.15, 0.2) is 0 Å².